The van der Waals surface area contributed by atoms with Gasteiger partial charge in [-0.1, -0.05) is 0 Å². The second-order valence-corrected chi connectivity index (χ2v) is 2.31. The normalized spacial score (nSPS) is 9.75. The van der Waals surface area contributed by atoms with Gasteiger partial charge in [-0.15, -0.1) is 0 Å². The number of aliphatic hydroxyl groups is 1. The number of nitrogens with two attached hydrogens (primary N) is 1. The van der Waals surface area contributed by atoms with Crippen LogP contribution in [0.2, 0.25) is 0 Å². The first-order chi connectivity index (χ1) is 5.65. The van der Waals surface area contributed by atoms with Crippen LogP contribution in [0.15, 0.2) is 18.2 Å². The van der Waals surface area contributed by atoms with E-state index in [-0.39, 0.29) is 18.0 Å². The van der Waals surface area contributed by atoms with Gasteiger partial charge in [0, 0.05) is 6.07 Å². The van der Waals surface area contributed by atoms with E-state index < -0.39 is 4.92 Å². The quantitative estimate of drug-likeness (QED) is 0.386. The molecule has 0 unspecified atom stereocenters. The molecule has 0 aromatic heterocycles. The Bertz CT molecular complexity index is 312. The van der Waals surface area contributed by atoms with Crippen molar-refractivity contribution in [3.05, 3.63) is 33.9 Å². The number of nitro groups is 1. The Kier molecular flexibility index (Phi) is 2.25. The largest absolute Gasteiger partial charge is 0.393 e. The maximum absolute atomic E-state index is 10.3. The molecule has 64 valence electrons. The van der Waals surface area contributed by atoms with Gasteiger partial charge in [0.2, 0.25) is 0 Å². The smallest absolute Gasteiger partial charge is 0.292 e. The average Bonchev–Trinajstić information content (AvgIpc) is 2.03. The Balaban J connectivity index is 3.12. The lowest BCUT2D eigenvalue weighted by molar-refractivity contribution is -0.383. The molecule has 0 aliphatic heterocycles. The van der Waals surface area contributed by atoms with Crippen molar-refractivity contribution in [2.45, 2.75) is 6.61 Å². The molecule has 0 saturated carbocycles. The third kappa shape index (κ3) is 1.51. The molecule has 1 aromatic rings. The first-order valence-corrected chi connectivity index (χ1v) is 3.29. The molecule has 0 saturated heterocycles. The number of hydrogen-bond donors (Lipinski definition) is 2. The highest BCUT2D eigenvalue weighted by Gasteiger charge is 2.09. The summed E-state index contributed by atoms with van der Waals surface area (Å²) < 4.78 is 0. The minimum Gasteiger partial charge on any atom is -0.393 e. The number of nitrogen functional groups attached to an aromatic ring is 1. The van der Waals surface area contributed by atoms with Crippen LogP contribution in [0.3, 0.4) is 0 Å². The molecule has 1 rings (SSSR count). The van der Waals surface area contributed by atoms with E-state index in [4.69, 9.17) is 10.8 Å². The van der Waals surface area contributed by atoms with Crippen LogP contribution >= 0.6 is 0 Å². The van der Waals surface area contributed by atoms with Crippen LogP contribution in [0.4, 0.5) is 11.4 Å². The summed E-state index contributed by atoms with van der Waals surface area (Å²) in [5.41, 5.74) is 5.86. The topological polar surface area (TPSA) is 89.4 Å². The Labute approximate surface area is 68.6 Å². The predicted octanol–water partition coefficient (Wildman–Crippen LogP) is 0.669. The second kappa shape index (κ2) is 3.19. The molecular formula is C7H8N2O3. The molecule has 1 aromatic carbocycles. The van der Waals surface area contributed by atoms with Crippen molar-refractivity contribution in [1.82, 2.24) is 0 Å². The summed E-state index contributed by atoms with van der Waals surface area (Å²) in [6.45, 7) is -0.164. The summed E-state index contributed by atoms with van der Waals surface area (Å²) in [5.74, 6) is 0. The summed E-state index contributed by atoms with van der Waals surface area (Å²) in [6.07, 6.45) is 0. The number of aliphatic hydroxyl groups excluding tert-OH is 1. The second-order valence-electron chi connectivity index (χ2n) is 2.31. The van der Waals surface area contributed by atoms with Crippen molar-refractivity contribution in [2.75, 3.05) is 5.73 Å². The van der Waals surface area contributed by atoms with Gasteiger partial charge in [0.15, 0.2) is 0 Å². The number of anilines is 1. The van der Waals surface area contributed by atoms with Gasteiger partial charge in [-0.2, -0.15) is 0 Å². The van der Waals surface area contributed by atoms with Crippen molar-refractivity contribution in [3.63, 3.8) is 0 Å². The Hall–Kier alpha value is -1.62. The lowest BCUT2D eigenvalue weighted by atomic mass is 10.2. The molecule has 0 spiro atoms. The van der Waals surface area contributed by atoms with Gasteiger partial charge in [-0.3, -0.25) is 10.1 Å². The summed E-state index contributed by atoms with van der Waals surface area (Å²) in [7, 11) is 0. The van der Waals surface area contributed by atoms with E-state index in [1.165, 1.54) is 18.2 Å². The van der Waals surface area contributed by atoms with Crippen molar-refractivity contribution < 1.29 is 10.0 Å². The van der Waals surface area contributed by atoms with Crippen molar-refractivity contribution >= 4 is 11.4 Å². The van der Waals surface area contributed by atoms with Gasteiger partial charge >= 0.3 is 0 Å². The molecular weight excluding hydrogens is 160 g/mol. The van der Waals surface area contributed by atoms with Gasteiger partial charge in [0.25, 0.3) is 5.69 Å². The third-order valence-electron chi connectivity index (χ3n) is 1.47. The van der Waals surface area contributed by atoms with E-state index in [9.17, 15) is 10.1 Å². The maximum atomic E-state index is 10.3. The van der Waals surface area contributed by atoms with Crippen LogP contribution in [0.25, 0.3) is 0 Å². The fourth-order valence-corrected chi connectivity index (χ4v) is 0.869. The summed E-state index contributed by atoms with van der Waals surface area (Å²) in [4.78, 5) is 9.73. The summed E-state index contributed by atoms with van der Waals surface area (Å²) in [6, 6.07) is 4.13. The number of benzene rings is 1. The van der Waals surface area contributed by atoms with Crippen LogP contribution in [-0.2, 0) is 6.61 Å². The Morgan fingerprint density at radius 2 is 2.25 bits per heavy atom. The molecule has 0 fully saturated rings. The van der Waals surface area contributed by atoms with E-state index in [0.717, 1.165) is 0 Å². The molecule has 0 aliphatic rings. The minimum atomic E-state index is -0.559. The lowest BCUT2D eigenvalue weighted by Crippen LogP contribution is -1.96. The third-order valence-corrected chi connectivity index (χ3v) is 1.47. The van der Waals surface area contributed by atoms with Crippen molar-refractivity contribution in [3.8, 4) is 0 Å². The summed E-state index contributed by atoms with van der Waals surface area (Å²) >= 11 is 0. The maximum Gasteiger partial charge on any atom is 0.292 e. The zero-order valence-electron chi connectivity index (χ0n) is 6.23. The van der Waals surface area contributed by atoms with E-state index in [1.54, 1.807) is 0 Å². The van der Waals surface area contributed by atoms with Crippen molar-refractivity contribution in [1.29, 1.82) is 0 Å². The lowest BCUT2D eigenvalue weighted by Gasteiger charge is -1.98. The highest BCUT2D eigenvalue weighted by Crippen LogP contribution is 2.21. The highest BCUT2D eigenvalue weighted by atomic mass is 16.6. The molecule has 5 nitrogen and oxygen atoms in total. The van der Waals surface area contributed by atoms with E-state index >= 15 is 0 Å². The molecule has 0 bridgehead atoms. The molecule has 0 amide bonds. The SMILES string of the molecule is Nc1cc(CO)ccc1[N+](=O)[O-]. The molecule has 3 N–H and O–H groups in total. The first kappa shape index (κ1) is 8.48. The van der Waals surface area contributed by atoms with E-state index in [2.05, 4.69) is 0 Å². The Morgan fingerprint density at radius 1 is 1.58 bits per heavy atom. The number of nitro benzene ring substituents is 1. The molecule has 5 heteroatoms. The molecule has 0 heterocycles. The number of nitrogens with zero attached hydrogens (tertiary/aromatic N) is 1. The number of hydrogen-bond acceptors (Lipinski definition) is 4. The van der Waals surface area contributed by atoms with Crippen LogP contribution < -0.4 is 5.73 Å². The van der Waals surface area contributed by atoms with Crippen LogP contribution in [-0.4, -0.2) is 10.0 Å². The first-order valence-electron chi connectivity index (χ1n) is 3.29. The van der Waals surface area contributed by atoms with Crippen LogP contribution in [0, 0.1) is 10.1 Å². The van der Waals surface area contributed by atoms with E-state index in [1.807, 2.05) is 0 Å². The fraction of sp³-hybridized carbons (Fsp3) is 0.143. The fourth-order valence-electron chi connectivity index (χ4n) is 0.869. The van der Waals surface area contributed by atoms with E-state index in [0.29, 0.717) is 5.56 Å². The van der Waals surface area contributed by atoms with Gasteiger partial charge in [0.1, 0.15) is 5.69 Å². The average molecular weight is 168 g/mol. The monoisotopic (exact) mass is 168 g/mol. The van der Waals surface area contributed by atoms with Gasteiger partial charge in [0.05, 0.1) is 11.5 Å². The van der Waals surface area contributed by atoms with Crippen LogP contribution in [0.1, 0.15) is 5.56 Å². The van der Waals surface area contributed by atoms with Crippen molar-refractivity contribution in [2.24, 2.45) is 0 Å². The van der Waals surface area contributed by atoms with Crippen LogP contribution in [0.5, 0.6) is 0 Å². The molecule has 0 radical (unpaired) electrons. The molecule has 0 aliphatic carbocycles. The zero-order valence-corrected chi connectivity index (χ0v) is 6.23. The van der Waals surface area contributed by atoms with Gasteiger partial charge < -0.3 is 10.8 Å². The predicted molar refractivity (Wildman–Crippen MR) is 43.4 cm³/mol. The Morgan fingerprint density at radius 3 is 2.67 bits per heavy atom. The molecule has 12 heavy (non-hydrogen) atoms. The number of rotatable bonds is 2. The molecule has 0 atom stereocenters. The minimum absolute atomic E-state index is 0.0755. The summed E-state index contributed by atoms with van der Waals surface area (Å²) in [5, 5.41) is 19.0. The zero-order chi connectivity index (χ0) is 9.14. The standard InChI is InChI=1S/C7H8N2O3/c8-6-3-5(4-10)1-2-7(6)9(11)12/h1-3,10H,4,8H2. The highest BCUT2D eigenvalue weighted by molar-refractivity contribution is 5.59. The van der Waals surface area contributed by atoms with Gasteiger partial charge in [-0.25, -0.2) is 0 Å². The van der Waals surface area contributed by atoms with Gasteiger partial charge in [-0.05, 0) is 17.7 Å².